The van der Waals surface area contributed by atoms with E-state index in [-0.39, 0.29) is 22.8 Å². The van der Waals surface area contributed by atoms with Crippen LogP contribution in [0.5, 0.6) is 11.5 Å². The minimum Gasteiger partial charge on any atom is -0.496 e. The van der Waals surface area contributed by atoms with Crippen molar-refractivity contribution in [2.45, 2.75) is 12.8 Å². The molecular weight excluding hydrogens is 437 g/mol. The van der Waals surface area contributed by atoms with Gasteiger partial charge in [-0.2, -0.15) is 9.65 Å². The largest absolute Gasteiger partial charge is 0.496 e. The maximum atomic E-state index is 13.8. The molecule has 0 spiro atoms. The Morgan fingerprint density at radius 3 is 2.74 bits per heavy atom. The van der Waals surface area contributed by atoms with E-state index in [1.807, 2.05) is 0 Å². The summed E-state index contributed by atoms with van der Waals surface area (Å²) in [5.74, 6) is -0.722. The van der Waals surface area contributed by atoms with Crippen LogP contribution in [0, 0.1) is 24.2 Å². The van der Waals surface area contributed by atoms with Crippen LogP contribution in [0.2, 0.25) is 0 Å². The third-order valence-electron chi connectivity index (χ3n) is 5.86. The van der Waals surface area contributed by atoms with E-state index in [4.69, 9.17) is 19.6 Å². The number of nitriles is 1. The molecule has 2 aromatic carbocycles. The van der Waals surface area contributed by atoms with Gasteiger partial charge in [0.15, 0.2) is 5.75 Å². The zero-order valence-electron chi connectivity index (χ0n) is 18.3. The molecule has 0 bridgehead atoms. The van der Waals surface area contributed by atoms with Crippen molar-refractivity contribution in [1.29, 1.82) is 5.26 Å². The van der Waals surface area contributed by atoms with E-state index in [1.165, 1.54) is 13.3 Å². The summed E-state index contributed by atoms with van der Waals surface area (Å²) in [5.41, 5.74) is 8.31. The lowest BCUT2D eigenvalue weighted by Crippen LogP contribution is -2.26. The first-order chi connectivity index (χ1) is 16.4. The molecular formula is C26H18FN3O4. The summed E-state index contributed by atoms with van der Waals surface area (Å²) in [7, 11) is 1.52. The van der Waals surface area contributed by atoms with Gasteiger partial charge in [-0.1, -0.05) is 18.2 Å². The Labute approximate surface area is 193 Å². The number of pyridine rings is 1. The topological polar surface area (TPSA) is 111 Å². The molecule has 0 saturated heterocycles. The molecule has 7 nitrogen and oxygen atoms in total. The second kappa shape index (κ2) is 8.05. The molecule has 1 unspecified atom stereocenters. The molecule has 2 N–H and O–H groups in total. The van der Waals surface area contributed by atoms with E-state index in [2.05, 4.69) is 11.1 Å². The van der Waals surface area contributed by atoms with Gasteiger partial charge in [0, 0.05) is 22.9 Å². The highest BCUT2D eigenvalue weighted by atomic mass is 19.1. The average molecular weight is 455 g/mol. The summed E-state index contributed by atoms with van der Waals surface area (Å²) in [4.78, 5) is 16.9. The average Bonchev–Trinajstić information content (AvgIpc) is 2.84. The SMILES string of the molecule is COc1ccc(C2C(C#N)=C(N)Oc3c2c(=O)oc2ccccc32)cc1-c1cnc(F)c(C)c1. The van der Waals surface area contributed by atoms with Gasteiger partial charge in [0.05, 0.1) is 24.0 Å². The Morgan fingerprint density at radius 1 is 1.21 bits per heavy atom. The van der Waals surface area contributed by atoms with Crippen LogP contribution in [-0.2, 0) is 0 Å². The van der Waals surface area contributed by atoms with Gasteiger partial charge in [-0.05, 0) is 42.8 Å². The highest BCUT2D eigenvalue weighted by Gasteiger charge is 2.35. The molecule has 168 valence electrons. The van der Waals surface area contributed by atoms with Gasteiger partial charge in [0.2, 0.25) is 11.8 Å². The summed E-state index contributed by atoms with van der Waals surface area (Å²) in [6.07, 6.45) is 1.40. The lowest BCUT2D eigenvalue weighted by Gasteiger charge is -2.26. The van der Waals surface area contributed by atoms with Crippen molar-refractivity contribution in [1.82, 2.24) is 4.98 Å². The van der Waals surface area contributed by atoms with Crippen molar-refractivity contribution in [2.75, 3.05) is 7.11 Å². The first-order valence-electron chi connectivity index (χ1n) is 10.4. The van der Waals surface area contributed by atoms with Crippen LogP contribution >= 0.6 is 0 Å². The van der Waals surface area contributed by atoms with Gasteiger partial charge in [-0.15, -0.1) is 0 Å². The van der Waals surface area contributed by atoms with Crippen LogP contribution in [0.4, 0.5) is 4.39 Å². The number of benzene rings is 2. The standard InChI is InChI=1S/C26H18FN3O4/c1-13-9-15(12-30-24(13)27)17-10-14(7-8-19(17)32-2)21-18(11-28)25(29)34-23-16-5-3-4-6-20(16)33-26(31)22(21)23/h3-10,12,21H,29H2,1-2H3. The third-order valence-corrected chi connectivity index (χ3v) is 5.86. The van der Waals surface area contributed by atoms with E-state index in [9.17, 15) is 14.4 Å². The first kappa shape index (κ1) is 21.2. The monoisotopic (exact) mass is 455 g/mol. The van der Waals surface area contributed by atoms with Crippen molar-refractivity contribution in [2.24, 2.45) is 5.73 Å². The fraction of sp³-hybridized carbons (Fsp3) is 0.115. The number of hydrogen-bond acceptors (Lipinski definition) is 7. The molecule has 4 aromatic rings. The fourth-order valence-corrected chi connectivity index (χ4v) is 4.24. The number of halogens is 1. The number of ether oxygens (including phenoxy) is 2. The quantitative estimate of drug-likeness (QED) is 0.357. The summed E-state index contributed by atoms with van der Waals surface area (Å²) in [5, 5.41) is 10.5. The number of para-hydroxylation sites is 1. The van der Waals surface area contributed by atoms with Crippen molar-refractivity contribution in [3.63, 3.8) is 0 Å². The van der Waals surface area contributed by atoms with E-state index in [0.717, 1.165) is 0 Å². The van der Waals surface area contributed by atoms with E-state index in [1.54, 1.807) is 55.5 Å². The van der Waals surface area contributed by atoms with E-state index >= 15 is 0 Å². The van der Waals surface area contributed by atoms with Crippen LogP contribution in [0.25, 0.3) is 22.1 Å². The van der Waals surface area contributed by atoms with Gasteiger partial charge >= 0.3 is 5.63 Å². The molecule has 0 fully saturated rings. The second-order valence-corrected chi connectivity index (χ2v) is 7.84. The maximum Gasteiger partial charge on any atom is 0.344 e. The Balaban J connectivity index is 1.79. The number of rotatable bonds is 3. The molecule has 0 saturated carbocycles. The van der Waals surface area contributed by atoms with Gasteiger partial charge in [-0.25, -0.2) is 9.78 Å². The number of methoxy groups -OCH3 is 1. The predicted molar refractivity (Wildman–Crippen MR) is 123 cm³/mol. The maximum absolute atomic E-state index is 13.8. The number of nitrogens with zero attached hydrogens (tertiary/aromatic N) is 2. The third kappa shape index (κ3) is 3.26. The zero-order chi connectivity index (χ0) is 24.0. The van der Waals surface area contributed by atoms with Gasteiger partial charge in [-0.3, -0.25) is 0 Å². The van der Waals surface area contributed by atoms with Crippen LogP contribution < -0.4 is 20.8 Å². The van der Waals surface area contributed by atoms with E-state index in [0.29, 0.717) is 39.0 Å². The van der Waals surface area contributed by atoms with Crippen LogP contribution in [0.1, 0.15) is 22.6 Å². The summed E-state index contributed by atoms with van der Waals surface area (Å²) in [6.45, 7) is 1.62. The molecule has 3 heterocycles. The lowest BCUT2D eigenvalue weighted by atomic mass is 9.82. The van der Waals surface area contributed by atoms with Crippen molar-refractivity contribution in [3.05, 3.63) is 99.2 Å². The molecule has 1 atom stereocenters. The van der Waals surface area contributed by atoms with Crippen molar-refractivity contribution in [3.8, 4) is 28.7 Å². The van der Waals surface area contributed by atoms with Crippen LogP contribution in [-0.4, -0.2) is 12.1 Å². The van der Waals surface area contributed by atoms with E-state index < -0.39 is 17.5 Å². The Morgan fingerprint density at radius 2 is 2.00 bits per heavy atom. The lowest BCUT2D eigenvalue weighted by molar-refractivity contribution is 0.388. The smallest absolute Gasteiger partial charge is 0.344 e. The van der Waals surface area contributed by atoms with Crippen molar-refractivity contribution >= 4 is 11.0 Å². The number of aromatic nitrogens is 1. The Kier molecular flexibility index (Phi) is 5.02. The number of nitrogens with two attached hydrogens (primary N) is 1. The van der Waals surface area contributed by atoms with Crippen molar-refractivity contribution < 1.29 is 18.3 Å². The molecule has 8 heteroatoms. The Hall–Kier alpha value is -4.64. The molecule has 1 aliphatic heterocycles. The number of fused-ring (bicyclic) bond motifs is 3. The first-order valence-corrected chi connectivity index (χ1v) is 10.4. The molecule has 0 amide bonds. The highest BCUT2D eigenvalue weighted by molar-refractivity contribution is 5.86. The van der Waals surface area contributed by atoms with Gasteiger partial charge in [0.25, 0.3) is 0 Å². The van der Waals surface area contributed by atoms with Gasteiger partial charge in [0.1, 0.15) is 23.0 Å². The van der Waals surface area contributed by atoms with Crippen LogP contribution in [0.3, 0.4) is 0 Å². The highest BCUT2D eigenvalue weighted by Crippen LogP contribution is 2.45. The summed E-state index contributed by atoms with van der Waals surface area (Å²) < 4.78 is 30.6. The Bertz CT molecular complexity index is 1600. The zero-order valence-corrected chi connectivity index (χ0v) is 18.3. The molecule has 5 rings (SSSR count). The number of aryl methyl sites for hydroxylation is 1. The minimum atomic E-state index is -0.839. The molecule has 0 radical (unpaired) electrons. The van der Waals surface area contributed by atoms with Crippen LogP contribution in [0.15, 0.2) is 75.4 Å². The predicted octanol–water partition coefficient (Wildman–Crippen LogP) is 4.53. The summed E-state index contributed by atoms with van der Waals surface area (Å²) >= 11 is 0. The normalized spacial score (nSPS) is 14.9. The second-order valence-electron chi connectivity index (χ2n) is 7.84. The molecule has 2 aromatic heterocycles. The number of allylic oxidation sites excluding steroid dienone is 1. The minimum absolute atomic E-state index is 0.0830. The molecule has 34 heavy (non-hydrogen) atoms. The molecule has 1 aliphatic rings. The molecule has 0 aliphatic carbocycles. The van der Waals surface area contributed by atoms with Gasteiger partial charge < -0.3 is 19.6 Å². The summed E-state index contributed by atoms with van der Waals surface area (Å²) in [6, 6.07) is 15.9. The fourth-order valence-electron chi connectivity index (χ4n) is 4.24. The number of hydrogen-bond donors (Lipinski definition) is 1.